The lowest BCUT2D eigenvalue weighted by Gasteiger charge is -2.27. The van der Waals surface area contributed by atoms with E-state index in [1.807, 2.05) is 0 Å². The number of nitrogens with one attached hydrogen (secondary N) is 1. The predicted octanol–water partition coefficient (Wildman–Crippen LogP) is 3.90. The van der Waals surface area contributed by atoms with E-state index in [-0.39, 0.29) is 17.4 Å². The summed E-state index contributed by atoms with van der Waals surface area (Å²) in [5.41, 5.74) is 3.47. The summed E-state index contributed by atoms with van der Waals surface area (Å²) in [6.07, 6.45) is 4.66. The van der Waals surface area contributed by atoms with Crippen LogP contribution in [0.5, 0.6) is 0 Å². The molecule has 0 unspecified atom stereocenters. The lowest BCUT2D eigenvalue weighted by molar-refractivity contribution is 0.161. The van der Waals surface area contributed by atoms with E-state index in [1.54, 1.807) is 0 Å². The number of fused-ring (bicyclic) bond motifs is 1. The van der Waals surface area contributed by atoms with Crippen LogP contribution >= 0.6 is 0 Å². The Balaban J connectivity index is 1.76. The molecule has 0 heterocycles. The summed E-state index contributed by atoms with van der Waals surface area (Å²) in [6, 6.07) is 9.15. The number of hydrogen-bond donors (Lipinski definition) is 2. The summed E-state index contributed by atoms with van der Waals surface area (Å²) in [7, 11) is 0. The Morgan fingerprint density at radius 2 is 2.14 bits per heavy atom. The van der Waals surface area contributed by atoms with Crippen LogP contribution in [0.15, 0.2) is 18.2 Å². The molecular weight excluding hydrogens is 260 g/mol. The third-order valence-corrected chi connectivity index (χ3v) is 5.07. The minimum Gasteiger partial charge on any atom is -0.388 e. The molecule has 0 aromatic heterocycles. The van der Waals surface area contributed by atoms with Gasteiger partial charge in [0, 0.05) is 17.6 Å². The molecule has 112 valence electrons. The lowest BCUT2D eigenvalue weighted by atomic mass is 9.86. The van der Waals surface area contributed by atoms with E-state index < -0.39 is 0 Å². The van der Waals surface area contributed by atoms with Gasteiger partial charge in [-0.05, 0) is 54.4 Å². The summed E-state index contributed by atoms with van der Waals surface area (Å²) >= 11 is 0. The minimum atomic E-state index is -0.352. The summed E-state index contributed by atoms with van der Waals surface area (Å²) in [5, 5.41) is 22.9. The van der Waals surface area contributed by atoms with Crippen LogP contribution in [0.25, 0.3) is 0 Å². The molecule has 2 aliphatic rings. The number of rotatable bonds is 2. The van der Waals surface area contributed by atoms with Crippen LogP contribution in [0.4, 0.5) is 5.69 Å². The Bertz CT molecular complexity index is 573. The molecule has 3 nitrogen and oxygen atoms in total. The van der Waals surface area contributed by atoms with Gasteiger partial charge in [0.2, 0.25) is 0 Å². The largest absolute Gasteiger partial charge is 0.388 e. The second-order valence-corrected chi connectivity index (χ2v) is 7.24. The molecule has 1 aromatic rings. The fourth-order valence-electron chi connectivity index (χ4n) is 3.92. The maximum absolute atomic E-state index is 10.3. The van der Waals surface area contributed by atoms with Crippen LogP contribution < -0.4 is 5.32 Å². The molecule has 0 spiro atoms. The molecule has 0 amide bonds. The molecule has 1 aromatic carbocycles. The van der Waals surface area contributed by atoms with Crippen LogP contribution in [0.1, 0.15) is 63.2 Å². The number of nitrogens with zero attached hydrogens (tertiary/aromatic N) is 1. The van der Waals surface area contributed by atoms with Gasteiger partial charge in [-0.25, -0.2) is 0 Å². The van der Waals surface area contributed by atoms with E-state index in [1.165, 1.54) is 5.56 Å². The van der Waals surface area contributed by atoms with Crippen molar-refractivity contribution in [3.8, 4) is 6.07 Å². The summed E-state index contributed by atoms with van der Waals surface area (Å²) in [6.45, 7) is 4.38. The third-order valence-electron chi connectivity index (χ3n) is 5.07. The summed E-state index contributed by atoms with van der Waals surface area (Å²) in [4.78, 5) is 0. The second-order valence-electron chi connectivity index (χ2n) is 7.24. The number of aliphatic hydroxyl groups excluding tert-OH is 1. The zero-order chi connectivity index (χ0) is 15.0. The molecule has 0 aliphatic heterocycles. The number of aliphatic hydroxyl groups is 1. The molecule has 1 fully saturated rings. The molecule has 3 rings (SSSR count). The van der Waals surface area contributed by atoms with E-state index in [2.05, 4.69) is 43.4 Å². The third kappa shape index (κ3) is 2.78. The van der Waals surface area contributed by atoms with E-state index in [4.69, 9.17) is 5.26 Å². The highest BCUT2D eigenvalue weighted by Crippen LogP contribution is 2.45. The standard InChI is InChI=1S/C18H24N2O/c1-18(2)10-17(21)15-9-14(6-7-16(15)18)20-13-5-3-4-12(8-13)11-19/h6-7,9,12-13,17,20-21H,3-5,8,10H2,1-2H3/t12-,13+,17+/m1/s1. The first kappa shape index (κ1) is 14.4. The highest BCUT2D eigenvalue weighted by Gasteiger charge is 2.36. The molecule has 2 aliphatic carbocycles. The van der Waals surface area contributed by atoms with Gasteiger partial charge in [-0.3, -0.25) is 0 Å². The monoisotopic (exact) mass is 284 g/mol. The van der Waals surface area contributed by atoms with E-state index in [0.717, 1.165) is 43.4 Å². The van der Waals surface area contributed by atoms with Crippen LogP contribution in [-0.4, -0.2) is 11.1 Å². The van der Waals surface area contributed by atoms with Gasteiger partial charge in [0.1, 0.15) is 0 Å². The summed E-state index contributed by atoms with van der Waals surface area (Å²) in [5.74, 6) is 0.190. The Morgan fingerprint density at radius 3 is 2.90 bits per heavy atom. The normalized spacial score (nSPS) is 30.5. The highest BCUT2D eigenvalue weighted by atomic mass is 16.3. The van der Waals surface area contributed by atoms with Crippen molar-refractivity contribution in [3.63, 3.8) is 0 Å². The second kappa shape index (κ2) is 5.35. The van der Waals surface area contributed by atoms with Gasteiger partial charge in [0.25, 0.3) is 0 Å². The van der Waals surface area contributed by atoms with E-state index in [0.29, 0.717) is 6.04 Å². The van der Waals surface area contributed by atoms with Gasteiger partial charge in [0.05, 0.1) is 12.2 Å². The number of hydrogen-bond acceptors (Lipinski definition) is 3. The smallest absolute Gasteiger partial charge is 0.0802 e. The van der Waals surface area contributed by atoms with Crippen molar-refractivity contribution in [1.29, 1.82) is 5.26 Å². The maximum atomic E-state index is 10.3. The van der Waals surface area contributed by atoms with Gasteiger partial charge in [0.15, 0.2) is 0 Å². The van der Waals surface area contributed by atoms with Crippen molar-refractivity contribution in [3.05, 3.63) is 29.3 Å². The molecule has 21 heavy (non-hydrogen) atoms. The fourth-order valence-corrected chi connectivity index (χ4v) is 3.92. The quantitative estimate of drug-likeness (QED) is 0.866. The number of nitriles is 1. The number of anilines is 1. The van der Waals surface area contributed by atoms with Gasteiger partial charge >= 0.3 is 0 Å². The maximum Gasteiger partial charge on any atom is 0.0802 e. The minimum absolute atomic E-state index is 0.0595. The van der Waals surface area contributed by atoms with Crippen molar-refractivity contribution in [1.82, 2.24) is 0 Å². The Morgan fingerprint density at radius 1 is 1.33 bits per heavy atom. The van der Waals surface area contributed by atoms with Crippen molar-refractivity contribution < 1.29 is 5.11 Å². The van der Waals surface area contributed by atoms with Crippen LogP contribution in [0.3, 0.4) is 0 Å². The Hall–Kier alpha value is -1.53. The van der Waals surface area contributed by atoms with Gasteiger partial charge in [-0.15, -0.1) is 0 Å². The van der Waals surface area contributed by atoms with E-state index >= 15 is 0 Å². The van der Waals surface area contributed by atoms with Crippen molar-refractivity contribution in [2.24, 2.45) is 5.92 Å². The fraction of sp³-hybridized carbons (Fsp3) is 0.611. The first-order valence-electron chi connectivity index (χ1n) is 7.98. The molecule has 0 radical (unpaired) electrons. The SMILES string of the molecule is CC1(C)C[C@H](O)c2cc(N[C@H]3CCC[C@@H](C#N)C3)ccc21. The first-order chi connectivity index (χ1) is 9.99. The zero-order valence-electron chi connectivity index (χ0n) is 12.9. The lowest BCUT2D eigenvalue weighted by Crippen LogP contribution is -2.26. The zero-order valence-corrected chi connectivity index (χ0v) is 12.9. The van der Waals surface area contributed by atoms with Crippen LogP contribution in [-0.2, 0) is 5.41 Å². The van der Waals surface area contributed by atoms with Crippen LogP contribution in [0, 0.1) is 17.2 Å². The molecule has 2 N–H and O–H groups in total. The van der Waals surface area contributed by atoms with Gasteiger partial charge < -0.3 is 10.4 Å². The first-order valence-corrected chi connectivity index (χ1v) is 7.98. The molecule has 0 bridgehead atoms. The average Bonchev–Trinajstić information content (AvgIpc) is 2.69. The molecule has 0 saturated heterocycles. The summed E-state index contributed by atoms with van der Waals surface area (Å²) < 4.78 is 0. The number of benzene rings is 1. The van der Waals surface area contributed by atoms with Crippen LogP contribution in [0.2, 0.25) is 0 Å². The Labute approximate surface area is 127 Å². The van der Waals surface area contributed by atoms with E-state index in [9.17, 15) is 5.11 Å². The highest BCUT2D eigenvalue weighted by molar-refractivity contribution is 5.53. The molecule has 1 saturated carbocycles. The molecule has 3 heteroatoms. The van der Waals surface area contributed by atoms with Crippen molar-refractivity contribution in [2.75, 3.05) is 5.32 Å². The Kier molecular flexibility index (Phi) is 3.67. The molecule has 3 atom stereocenters. The van der Waals surface area contributed by atoms with Crippen molar-refractivity contribution in [2.45, 2.75) is 63.5 Å². The average molecular weight is 284 g/mol. The van der Waals surface area contributed by atoms with Gasteiger partial charge in [-0.2, -0.15) is 5.26 Å². The molecular formula is C18H24N2O. The van der Waals surface area contributed by atoms with Gasteiger partial charge in [-0.1, -0.05) is 26.3 Å². The predicted molar refractivity (Wildman–Crippen MR) is 84.0 cm³/mol. The van der Waals surface area contributed by atoms with Crippen molar-refractivity contribution >= 4 is 5.69 Å². The topological polar surface area (TPSA) is 56.0 Å².